The van der Waals surface area contributed by atoms with Crippen LogP contribution in [0.25, 0.3) is 0 Å². The zero-order chi connectivity index (χ0) is 19.9. The molecule has 0 aliphatic carbocycles. The molecule has 1 fully saturated rings. The van der Waals surface area contributed by atoms with E-state index in [0.29, 0.717) is 18.7 Å². The number of rotatable bonds is 4. The van der Waals surface area contributed by atoms with Crippen LogP contribution in [-0.4, -0.2) is 29.0 Å². The third-order valence-corrected chi connectivity index (χ3v) is 5.67. The molecule has 2 amide bonds. The number of carbonyl (C=O) groups excluding carboxylic acids is 2. The van der Waals surface area contributed by atoms with Crippen LogP contribution in [0, 0.1) is 12.8 Å². The Balaban J connectivity index is 1.73. The van der Waals surface area contributed by atoms with Crippen molar-refractivity contribution in [2.75, 3.05) is 11.9 Å². The molecular weight excluding hydrogens is 352 g/mol. The van der Waals surface area contributed by atoms with Crippen molar-refractivity contribution < 1.29 is 14.3 Å². The monoisotopic (exact) mass is 376 g/mol. The van der Waals surface area contributed by atoms with Crippen LogP contribution in [0.4, 0.5) is 5.69 Å². The Morgan fingerprint density at radius 1 is 1.29 bits per heavy atom. The Kier molecular flexibility index (Phi) is 4.46. The Labute approximate surface area is 165 Å². The molecule has 0 aromatic heterocycles. The van der Waals surface area contributed by atoms with Gasteiger partial charge in [0.1, 0.15) is 11.7 Å². The number of ether oxygens (including phenoxy) is 1. The summed E-state index contributed by atoms with van der Waals surface area (Å²) in [5, 5.41) is 2.93. The molecule has 2 aliphatic rings. The lowest BCUT2D eigenvalue weighted by Crippen LogP contribution is -2.64. The van der Waals surface area contributed by atoms with E-state index in [2.05, 4.69) is 11.9 Å². The van der Waals surface area contributed by atoms with E-state index >= 15 is 0 Å². The first-order valence-corrected chi connectivity index (χ1v) is 9.51. The molecule has 5 nitrogen and oxygen atoms in total. The van der Waals surface area contributed by atoms with Crippen molar-refractivity contribution >= 4 is 17.5 Å². The van der Waals surface area contributed by atoms with Crippen molar-refractivity contribution in [3.8, 4) is 5.75 Å². The SMILES string of the molecule is C=CCN1C(=O)[C@H](C(=O)Nc2ccc(C)cc2)[C@H]2C[C@@]1(C)Oc1ccccc12. The lowest BCUT2D eigenvalue weighted by atomic mass is 9.73. The van der Waals surface area contributed by atoms with Gasteiger partial charge in [-0.2, -0.15) is 0 Å². The fourth-order valence-electron chi connectivity index (χ4n) is 4.28. The number of anilines is 1. The van der Waals surface area contributed by atoms with Gasteiger partial charge >= 0.3 is 0 Å². The minimum absolute atomic E-state index is 0.224. The van der Waals surface area contributed by atoms with Gasteiger partial charge in [0.15, 0.2) is 5.72 Å². The number of aryl methyl sites for hydroxylation is 1. The number of piperidine rings is 1. The van der Waals surface area contributed by atoms with Crippen LogP contribution in [-0.2, 0) is 9.59 Å². The molecule has 0 saturated carbocycles. The summed E-state index contributed by atoms with van der Waals surface area (Å²) in [6.45, 7) is 8.00. The van der Waals surface area contributed by atoms with Gasteiger partial charge in [-0.15, -0.1) is 6.58 Å². The quantitative estimate of drug-likeness (QED) is 0.651. The van der Waals surface area contributed by atoms with Crippen molar-refractivity contribution in [1.29, 1.82) is 0 Å². The maximum atomic E-state index is 13.4. The van der Waals surface area contributed by atoms with E-state index in [1.165, 1.54) is 0 Å². The number of carbonyl (C=O) groups is 2. The van der Waals surface area contributed by atoms with Crippen LogP contribution in [0.15, 0.2) is 61.2 Å². The number of likely N-dealkylation sites (tertiary alicyclic amines) is 1. The number of benzene rings is 2. The van der Waals surface area contributed by atoms with Gasteiger partial charge in [-0.25, -0.2) is 0 Å². The molecule has 2 aromatic rings. The number of nitrogens with zero attached hydrogens (tertiary/aromatic N) is 1. The molecule has 1 N–H and O–H groups in total. The van der Waals surface area contributed by atoms with Gasteiger partial charge in [0.2, 0.25) is 11.8 Å². The van der Waals surface area contributed by atoms with Crippen molar-refractivity contribution in [3.05, 3.63) is 72.3 Å². The predicted molar refractivity (Wildman–Crippen MR) is 108 cm³/mol. The molecule has 2 aromatic carbocycles. The van der Waals surface area contributed by atoms with Crippen molar-refractivity contribution in [3.63, 3.8) is 0 Å². The molecule has 2 bridgehead atoms. The van der Waals surface area contributed by atoms with E-state index in [1.54, 1.807) is 11.0 Å². The third-order valence-electron chi connectivity index (χ3n) is 5.67. The van der Waals surface area contributed by atoms with E-state index < -0.39 is 11.6 Å². The summed E-state index contributed by atoms with van der Waals surface area (Å²) in [4.78, 5) is 28.2. The minimum Gasteiger partial charge on any atom is -0.468 e. The highest BCUT2D eigenvalue weighted by Crippen LogP contribution is 2.50. The zero-order valence-corrected chi connectivity index (χ0v) is 16.1. The molecule has 3 atom stereocenters. The second-order valence-electron chi connectivity index (χ2n) is 7.70. The molecule has 0 unspecified atom stereocenters. The Bertz CT molecular complexity index is 937. The predicted octanol–water partition coefficient (Wildman–Crippen LogP) is 3.86. The van der Waals surface area contributed by atoms with Crippen LogP contribution in [0.1, 0.15) is 30.4 Å². The summed E-state index contributed by atoms with van der Waals surface area (Å²) in [6.07, 6.45) is 2.23. The normalized spacial score (nSPS) is 25.5. The second-order valence-corrected chi connectivity index (χ2v) is 7.70. The topological polar surface area (TPSA) is 58.6 Å². The number of para-hydroxylation sites is 1. The second kappa shape index (κ2) is 6.82. The molecule has 2 heterocycles. The zero-order valence-electron chi connectivity index (χ0n) is 16.1. The lowest BCUT2D eigenvalue weighted by Gasteiger charge is -2.52. The van der Waals surface area contributed by atoms with E-state index in [1.807, 2.05) is 62.4 Å². The average molecular weight is 376 g/mol. The smallest absolute Gasteiger partial charge is 0.239 e. The maximum Gasteiger partial charge on any atom is 0.239 e. The Morgan fingerprint density at radius 3 is 2.71 bits per heavy atom. The van der Waals surface area contributed by atoms with Crippen molar-refractivity contribution in [1.82, 2.24) is 4.90 Å². The van der Waals surface area contributed by atoms with Crippen LogP contribution < -0.4 is 10.1 Å². The lowest BCUT2D eigenvalue weighted by molar-refractivity contribution is -0.173. The Morgan fingerprint density at radius 2 is 2.00 bits per heavy atom. The molecule has 5 heteroatoms. The molecule has 4 rings (SSSR count). The average Bonchev–Trinajstić information content (AvgIpc) is 2.67. The van der Waals surface area contributed by atoms with Gasteiger partial charge in [0, 0.05) is 24.6 Å². The fraction of sp³-hybridized carbons (Fsp3) is 0.304. The first-order chi connectivity index (χ1) is 13.4. The maximum absolute atomic E-state index is 13.4. The van der Waals surface area contributed by atoms with Gasteiger partial charge in [-0.1, -0.05) is 42.0 Å². The summed E-state index contributed by atoms with van der Waals surface area (Å²) < 4.78 is 6.21. The molecule has 1 saturated heterocycles. The molecule has 144 valence electrons. The largest absolute Gasteiger partial charge is 0.468 e. The third kappa shape index (κ3) is 2.97. The molecule has 2 aliphatic heterocycles. The number of nitrogens with one attached hydrogen (secondary N) is 1. The first kappa shape index (κ1) is 18.3. The van der Waals surface area contributed by atoms with Crippen LogP contribution >= 0.6 is 0 Å². The Hall–Kier alpha value is -3.08. The minimum atomic E-state index is -0.806. The number of hydrogen-bond donors (Lipinski definition) is 1. The molecule has 0 spiro atoms. The van der Waals surface area contributed by atoms with Gasteiger partial charge in [0.05, 0.1) is 0 Å². The highest BCUT2D eigenvalue weighted by Gasteiger charge is 2.55. The first-order valence-electron chi connectivity index (χ1n) is 9.51. The summed E-state index contributed by atoms with van der Waals surface area (Å²) in [6, 6.07) is 15.2. The molecular formula is C23H24N2O3. The number of fused-ring (bicyclic) bond motifs is 4. The standard InChI is InChI=1S/C23H24N2O3/c1-4-13-25-22(27)20(21(26)24-16-11-9-15(2)10-12-16)18-14-23(25,3)28-19-8-6-5-7-17(18)19/h4-12,18,20H,1,13-14H2,2-3H3,(H,24,26)/t18-,20-,23+/m0/s1. The number of amides is 2. The van der Waals surface area contributed by atoms with E-state index in [0.717, 1.165) is 16.9 Å². The number of hydrogen-bond acceptors (Lipinski definition) is 3. The van der Waals surface area contributed by atoms with Crippen molar-refractivity contribution in [2.24, 2.45) is 5.92 Å². The fourth-order valence-corrected chi connectivity index (χ4v) is 4.28. The molecule has 0 radical (unpaired) electrons. The van der Waals surface area contributed by atoms with Crippen LogP contribution in [0.2, 0.25) is 0 Å². The summed E-state index contributed by atoms with van der Waals surface area (Å²) >= 11 is 0. The van der Waals surface area contributed by atoms with E-state index in [9.17, 15) is 9.59 Å². The highest BCUT2D eigenvalue weighted by atomic mass is 16.5. The summed E-state index contributed by atoms with van der Waals surface area (Å²) in [5.74, 6) is -0.811. The summed E-state index contributed by atoms with van der Waals surface area (Å²) in [7, 11) is 0. The van der Waals surface area contributed by atoms with Gasteiger partial charge in [0.25, 0.3) is 0 Å². The molecule has 28 heavy (non-hydrogen) atoms. The van der Waals surface area contributed by atoms with E-state index in [4.69, 9.17) is 4.74 Å². The highest BCUT2D eigenvalue weighted by molar-refractivity contribution is 6.08. The van der Waals surface area contributed by atoms with Crippen LogP contribution in [0.5, 0.6) is 5.75 Å². The van der Waals surface area contributed by atoms with Gasteiger partial charge in [-0.3, -0.25) is 9.59 Å². The summed E-state index contributed by atoms with van der Waals surface area (Å²) in [5.41, 5.74) is 1.92. The van der Waals surface area contributed by atoms with Crippen molar-refractivity contribution in [2.45, 2.75) is 31.9 Å². The van der Waals surface area contributed by atoms with Gasteiger partial charge < -0.3 is 15.0 Å². The van der Waals surface area contributed by atoms with E-state index in [-0.39, 0.29) is 17.7 Å². The van der Waals surface area contributed by atoms with Crippen LogP contribution in [0.3, 0.4) is 0 Å². The van der Waals surface area contributed by atoms with Gasteiger partial charge in [-0.05, 0) is 37.6 Å².